The summed E-state index contributed by atoms with van der Waals surface area (Å²) in [5.74, 6) is -0.238. The van der Waals surface area contributed by atoms with Crippen LogP contribution in [0.25, 0.3) is 0 Å². The Labute approximate surface area is 136 Å². The standard InChI is InChI=1S/C15H13BrCl2FN/c1-20-14(11-3-2-4-12(17)15(11)18)7-9-5-6-10(16)8-13(9)19/h2-6,8,14,20H,7H2,1H3. The number of benzene rings is 2. The van der Waals surface area contributed by atoms with Crippen molar-refractivity contribution < 1.29 is 4.39 Å². The van der Waals surface area contributed by atoms with Crippen molar-refractivity contribution in [3.05, 3.63) is 67.9 Å². The molecule has 2 aromatic carbocycles. The summed E-state index contributed by atoms with van der Waals surface area (Å²) in [6, 6.07) is 10.4. The van der Waals surface area contributed by atoms with E-state index in [9.17, 15) is 4.39 Å². The van der Waals surface area contributed by atoms with Crippen molar-refractivity contribution in [2.45, 2.75) is 12.5 Å². The van der Waals surface area contributed by atoms with Gasteiger partial charge in [0.2, 0.25) is 0 Å². The zero-order chi connectivity index (χ0) is 14.7. The molecule has 2 rings (SSSR count). The molecule has 0 saturated carbocycles. The van der Waals surface area contributed by atoms with E-state index in [1.54, 1.807) is 12.1 Å². The molecule has 106 valence electrons. The fourth-order valence-electron chi connectivity index (χ4n) is 2.06. The van der Waals surface area contributed by atoms with Gasteiger partial charge in [0, 0.05) is 10.5 Å². The summed E-state index contributed by atoms with van der Waals surface area (Å²) >= 11 is 15.5. The zero-order valence-corrected chi connectivity index (χ0v) is 13.9. The fraction of sp³-hybridized carbons (Fsp3) is 0.200. The van der Waals surface area contributed by atoms with Gasteiger partial charge >= 0.3 is 0 Å². The van der Waals surface area contributed by atoms with Crippen LogP contribution in [0.3, 0.4) is 0 Å². The Hall–Kier alpha value is -0.610. The van der Waals surface area contributed by atoms with E-state index in [0.29, 0.717) is 22.0 Å². The van der Waals surface area contributed by atoms with Crippen LogP contribution in [0.5, 0.6) is 0 Å². The lowest BCUT2D eigenvalue weighted by Crippen LogP contribution is -2.19. The Bertz CT molecular complexity index is 619. The van der Waals surface area contributed by atoms with Gasteiger partial charge in [0.15, 0.2) is 0 Å². The number of rotatable bonds is 4. The molecular weight excluding hydrogens is 364 g/mol. The van der Waals surface area contributed by atoms with Crippen molar-refractivity contribution >= 4 is 39.1 Å². The Balaban J connectivity index is 2.31. The lowest BCUT2D eigenvalue weighted by atomic mass is 9.98. The Morgan fingerprint density at radius 2 is 2.00 bits per heavy atom. The molecule has 0 aromatic heterocycles. The number of hydrogen-bond acceptors (Lipinski definition) is 1. The zero-order valence-electron chi connectivity index (χ0n) is 10.8. The highest BCUT2D eigenvalue weighted by atomic mass is 79.9. The molecular formula is C15H13BrCl2FN. The van der Waals surface area contributed by atoms with Gasteiger partial charge in [-0.2, -0.15) is 0 Å². The van der Waals surface area contributed by atoms with Gasteiger partial charge in [-0.25, -0.2) is 4.39 Å². The normalized spacial score (nSPS) is 12.4. The lowest BCUT2D eigenvalue weighted by Gasteiger charge is -2.19. The van der Waals surface area contributed by atoms with E-state index in [0.717, 1.165) is 10.0 Å². The van der Waals surface area contributed by atoms with Gasteiger partial charge in [0.05, 0.1) is 10.0 Å². The average molecular weight is 377 g/mol. The molecule has 0 heterocycles. The third-order valence-electron chi connectivity index (χ3n) is 3.14. The first-order valence-electron chi connectivity index (χ1n) is 6.08. The highest BCUT2D eigenvalue weighted by Crippen LogP contribution is 2.32. The minimum atomic E-state index is -0.238. The smallest absolute Gasteiger partial charge is 0.127 e. The van der Waals surface area contributed by atoms with Crippen LogP contribution in [-0.4, -0.2) is 7.05 Å². The topological polar surface area (TPSA) is 12.0 Å². The summed E-state index contributed by atoms with van der Waals surface area (Å²) in [5, 5.41) is 4.16. The molecule has 0 aliphatic rings. The van der Waals surface area contributed by atoms with E-state index >= 15 is 0 Å². The van der Waals surface area contributed by atoms with E-state index in [4.69, 9.17) is 23.2 Å². The first kappa shape index (κ1) is 15.8. The molecule has 0 aliphatic heterocycles. The predicted octanol–water partition coefficient (Wildman–Crippen LogP) is 5.40. The largest absolute Gasteiger partial charge is 0.313 e. The summed E-state index contributed by atoms with van der Waals surface area (Å²) in [6.07, 6.45) is 0.496. The molecule has 2 aromatic rings. The van der Waals surface area contributed by atoms with Gasteiger partial charge in [-0.3, -0.25) is 0 Å². The molecule has 0 bridgehead atoms. The maximum Gasteiger partial charge on any atom is 0.127 e. The van der Waals surface area contributed by atoms with Crippen LogP contribution in [0.15, 0.2) is 40.9 Å². The van der Waals surface area contributed by atoms with Crippen LogP contribution in [-0.2, 0) is 6.42 Å². The van der Waals surface area contributed by atoms with Crippen molar-refractivity contribution in [3.63, 3.8) is 0 Å². The van der Waals surface area contributed by atoms with Gasteiger partial charge in [0.1, 0.15) is 5.82 Å². The summed E-state index contributed by atoms with van der Waals surface area (Å²) in [5.41, 5.74) is 1.49. The van der Waals surface area contributed by atoms with Crippen molar-refractivity contribution in [2.24, 2.45) is 0 Å². The van der Waals surface area contributed by atoms with Crippen LogP contribution in [0.4, 0.5) is 4.39 Å². The molecule has 1 N–H and O–H groups in total. The number of halogens is 4. The summed E-state index contributed by atoms with van der Waals surface area (Å²) < 4.78 is 14.6. The van der Waals surface area contributed by atoms with E-state index in [2.05, 4.69) is 21.2 Å². The van der Waals surface area contributed by atoms with Gasteiger partial charge in [0.25, 0.3) is 0 Å². The van der Waals surface area contributed by atoms with Crippen LogP contribution >= 0.6 is 39.1 Å². The lowest BCUT2D eigenvalue weighted by molar-refractivity contribution is 0.554. The van der Waals surface area contributed by atoms with Gasteiger partial charge in [-0.1, -0.05) is 57.3 Å². The maximum atomic E-state index is 13.9. The SMILES string of the molecule is CNC(Cc1ccc(Br)cc1F)c1cccc(Cl)c1Cl. The number of nitrogens with one attached hydrogen (secondary N) is 1. The molecule has 1 unspecified atom stereocenters. The minimum Gasteiger partial charge on any atom is -0.313 e. The average Bonchev–Trinajstić information content (AvgIpc) is 2.42. The Morgan fingerprint density at radius 3 is 2.65 bits per heavy atom. The molecule has 0 fully saturated rings. The van der Waals surface area contributed by atoms with E-state index < -0.39 is 0 Å². The highest BCUT2D eigenvalue weighted by molar-refractivity contribution is 9.10. The van der Waals surface area contributed by atoms with Crippen molar-refractivity contribution in [1.82, 2.24) is 5.32 Å². The second kappa shape index (κ2) is 6.90. The minimum absolute atomic E-state index is 0.100. The number of likely N-dealkylation sites (N-methyl/N-ethyl adjacent to an activating group) is 1. The number of hydrogen-bond donors (Lipinski definition) is 1. The molecule has 0 radical (unpaired) electrons. The van der Waals surface area contributed by atoms with Crippen molar-refractivity contribution in [1.29, 1.82) is 0 Å². The van der Waals surface area contributed by atoms with E-state index in [1.807, 2.05) is 25.2 Å². The third kappa shape index (κ3) is 3.53. The molecule has 20 heavy (non-hydrogen) atoms. The van der Waals surface area contributed by atoms with E-state index in [1.165, 1.54) is 6.07 Å². The third-order valence-corrected chi connectivity index (χ3v) is 4.47. The summed E-state index contributed by atoms with van der Waals surface area (Å²) in [7, 11) is 1.82. The predicted molar refractivity (Wildman–Crippen MR) is 86.1 cm³/mol. The second-order valence-corrected chi connectivity index (χ2v) is 6.13. The van der Waals surface area contributed by atoms with E-state index in [-0.39, 0.29) is 11.9 Å². The van der Waals surface area contributed by atoms with Crippen LogP contribution in [0.1, 0.15) is 17.2 Å². The molecule has 1 atom stereocenters. The van der Waals surface area contributed by atoms with Crippen LogP contribution in [0.2, 0.25) is 10.0 Å². The first-order chi connectivity index (χ1) is 9.52. The molecule has 0 spiro atoms. The monoisotopic (exact) mass is 375 g/mol. The Kier molecular flexibility index (Phi) is 5.44. The van der Waals surface area contributed by atoms with Gasteiger partial charge in [-0.15, -0.1) is 0 Å². The van der Waals surface area contributed by atoms with Gasteiger partial charge in [-0.05, 0) is 42.8 Å². The molecule has 0 saturated heterocycles. The second-order valence-electron chi connectivity index (χ2n) is 4.42. The molecule has 5 heteroatoms. The van der Waals surface area contributed by atoms with Crippen LogP contribution < -0.4 is 5.32 Å². The highest BCUT2D eigenvalue weighted by Gasteiger charge is 2.17. The molecule has 1 nitrogen and oxygen atoms in total. The summed E-state index contributed by atoms with van der Waals surface area (Å²) in [6.45, 7) is 0. The summed E-state index contributed by atoms with van der Waals surface area (Å²) in [4.78, 5) is 0. The Morgan fingerprint density at radius 1 is 1.25 bits per heavy atom. The van der Waals surface area contributed by atoms with Crippen LogP contribution in [0, 0.1) is 5.82 Å². The van der Waals surface area contributed by atoms with Crippen molar-refractivity contribution in [3.8, 4) is 0 Å². The molecule has 0 aliphatic carbocycles. The molecule has 0 amide bonds. The van der Waals surface area contributed by atoms with Gasteiger partial charge < -0.3 is 5.32 Å². The first-order valence-corrected chi connectivity index (χ1v) is 7.63. The van der Waals surface area contributed by atoms with Crippen molar-refractivity contribution in [2.75, 3.05) is 7.05 Å². The maximum absolute atomic E-state index is 13.9. The quantitative estimate of drug-likeness (QED) is 0.753. The fourth-order valence-corrected chi connectivity index (χ4v) is 2.84.